The summed E-state index contributed by atoms with van der Waals surface area (Å²) in [6.07, 6.45) is -2.82. The van der Waals surface area contributed by atoms with Gasteiger partial charge in [0.25, 0.3) is 0 Å². The zero-order valence-electron chi connectivity index (χ0n) is 20.4. The number of halogens is 3. The smallest absolute Gasteiger partial charge is 0.469 e. The van der Waals surface area contributed by atoms with Crippen LogP contribution >= 0.6 is 7.82 Å². The molecule has 38 heavy (non-hydrogen) atoms. The minimum Gasteiger partial charge on any atom is -0.493 e. The predicted octanol–water partition coefficient (Wildman–Crippen LogP) is 6.60. The van der Waals surface area contributed by atoms with Gasteiger partial charge in [0.15, 0.2) is 0 Å². The van der Waals surface area contributed by atoms with E-state index in [1.165, 1.54) is 18.3 Å². The van der Waals surface area contributed by atoms with Crippen molar-refractivity contribution in [2.24, 2.45) is 0 Å². The lowest BCUT2D eigenvalue weighted by Gasteiger charge is -2.14. The van der Waals surface area contributed by atoms with Gasteiger partial charge >= 0.3 is 14.0 Å². The summed E-state index contributed by atoms with van der Waals surface area (Å²) in [5, 5.41) is 0. The lowest BCUT2D eigenvalue weighted by molar-refractivity contribution is -0.137. The Morgan fingerprint density at radius 2 is 1.68 bits per heavy atom. The Balaban J connectivity index is 1.43. The van der Waals surface area contributed by atoms with Crippen molar-refractivity contribution in [2.45, 2.75) is 25.4 Å². The zero-order chi connectivity index (χ0) is 27.3. The molecule has 4 rings (SSSR count). The third kappa shape index (κ3) is 7.33. The molecule has 3 N–H and O–H groups in total. The van der Waals surface area contributed by atoms with E-state index in [1.807, 2.05) is 54.6 Å². The van der Waals surface area contributed by atoms with Gasteiger partial charge in [0.2, 0.25) is 0 Å². The van der Waals surface area contributed by atoms with Gasteiger partial charge in [-0.15, -0.1) is 0 Å². The van der Waals surface area contributed by atoms with Gasteiger partial charge < -0.3 is 19.5 Å². The van der Waals surface area contributed by atoms with Crippen LogP contribution in [0.15, 0.2) is 79.0 Å². The van der Waals surface area contributed by atoms with Crippen molar-refractivity contribution in [1.82, 2.24) is 9.97 Å². The van der Waals surface area contributed by atoms with Crippen molar-refractivity contribution in [3.05, 3.63) is 95.9 Å². The first-order valence-electron chi connectivity index (χ1n) is 11.7. The third-order valence-corrected chi connectivity index (χ3v) is 6.34. The number of hydrogen-bond donors (Lipinski definition) is 3. The summed E-state index contributed by atoms with van der Waals surface area (Å²) in [5.74, 6) is -0.267. The molecule has 0 aliphatic rings. The van der Waals surface area contributed by atoms with Crippen LogP contribution in [0.25, 0.3) is 22.4 Å². The molecule has 0 aliphatic heterocycles. The van der Waals surface area contributed by atoms with Crippen LogP contribution in [0, 0.1) is 0 Å². The monoisotopic (exact) mass is 546 g/mol. The second-order valence-corrected chi connectivity index (χ2v) is 9.96. The summed E-state index contributed by atoms with van der Waals surface area (Å²) in [5.41, 5.74) is 2.17. The number of imidazole rings is 1. The van der Waals surface area contributed by atoms with Gasteiger partial charge in [-0.25, -0.2) is 9.55 Å². The molecule has 0 radical (unpaired) electrons. The molecule has 0 fully saturated rings. The van der Waals surface area contributed by atoms with Crippen LogP contribution in [0.5, 0.6) is 5.75 Å². The second kappa shape index (κ2) is 11.5. The highest BCUT2D eigenvalue weighted by Crippen LogP contribution is 2.40. The average molecular weight is 546 g/mol. The van der Waals surface area contributed by atoms with Crippen molar-refractivity contribution < 1.29 is 36.8 Å². The lowest BCUT2D eigenvalue weighted by Crippen LogP contribution is -2.09. The van der Waals surface area contributed by atoms with Crippen LogP contribution in [0.1, 0.15) is 29.8 Å². The molecular weight excluding hydrogens is 520 g/mol. The first-order chi connectivity index (χ1) is 18.0. The quantitative estimate of drug-likeness (QED) is 0.194. The van der Waals surface area contributed by atoms with Crippen LogP contribution in [0.4, 0.5) is 13.2 Å². The number of alkyl halides is 3. The molecule has 11 heteroatoms. The Bertz CT molecular complexity index is 1400. The minimum absolute atomic E-state index is 0.0420. The summed E-state index contributed by atoms with van der Waals surface area (Å²) in [7, 11) is -4.68. The van der Waals surface area contributed by atoms with E-state index < -0.39 is 25.5 Å². The molecule has 3 aromatic carbocycles. The Hall–Kier alpha value is -3.43. The topological polar surface area (TPSA) is 105 Å². The van der Waals surface area contributed by atoms with Crippen molar-refractivity contribution >= 4 is 7.82 Å². The molecule has 4 aromatic rings. The van der Waals surface area contributed by atoms with E-state index >= 15 is 0 Å². The van der Waals surface area contributed by atoms with Crippen molar-refractivity contribution in [3.63, 3.8) is 0 Å². The van der Waals surface area contributed by atoms with Gasteiger partial charge in [-0.1, -0.05) is 61.5 Å². The maximum atomic E-state index is 13.9. The van der Waals surface area contributed by atoms with Crippen LogP contribution in [0.2, 0.25) is 0 Å². The first-order valence-corrected chi connectivity index (χ1v) is 13.3. The van der Waals surface area contributed by atoms with E-state index in [4.69, 9.17) is 14.5 Å². The number of hydrogen-bond acceptors (Lipinski definition) is 4. The van der Waals surface area contributed by atoms with Crippen LogP contribution in [-0.4, -0.2) is 33.0 Å². The molecule has 0 saturated heterocycles. The Morgan fingerprint density at radius 1 is 1.00 bits per heavy atom. The number of phosphoric acid groups is 1. The van der Waals surface area contributed by atoms with E-state index in [9.17, 15) is 17.7 Å². The molecule has 0 spiro atoms. The molecule has 0 bridgehead atoms. The number of H-pyrrole nitrogens is 1. The van der Waals surface area contributed by atoms with Crippen molar-refractivity contribution in [1.29, 1.82) is 0 Å². The average Bonchev–Trinajstić information content (AvgIpc) is 3.38. The fourth-order valence-corrected chi connectivity index (χ4v) is 4.28. The highest BCUT2D eigenvalue weighted by atomic mass is 31.2. The molecule has 0 saturated carbocycles. The molecule has 1 aromatic heterocycles. The molecule has 7 nitrogen and oxygen atoms in total. The summed E-state index contributed by atoms with van der Waals surface area (Å²) in [6, 6.07) is 21.6. The minimum atomic E-state index is -4.68. The molecule has 0 unspecified atom stereocenters. The maximum Gasteiger partial charge on any atom is 0.469 e. The molecule has 1 atom stereocenters. The molecular formula is C27H26F3N2O5P. The van der Waals surface area contributed by atoms with Gasteiger partial charge in [-0.3, -0.25) is 4.52 Å². The Morgan fingerprint density at radius 3 is 2.34 bits per heavy atom. The summed E-state index contributed by atoms with van der Waals surface area (Å²) in [6.45, 7) is 1.42. The van der Waals surface area contributed by atoms with E-state index in [0.29, 0.717) is 6.42 Å². The highest BCUT2D eigenvalue weighted by molar-refractivity contribution is 7.46. The fraction of sp³-hybridized carbons (Fsp3) is 0.222. The zero-order valence-corrected chi connectivity index (χ0v) is 21.2. The molecule has 0 amide bonds. The molecule has 1 heterocycles. The number of phosphoric ester groups is 1. The number of benzene rings is 3. The SMILES string of the molecule is C[C@H](COP(=O)(O)O)c1nc(-c2ccc(OCCc3ccc(-c4ccccc4)cc3)cc2C(F)(F)F)c[nH]1. The van der Waals surface area contributed by atoms with Gasteiger partial charge in [-0.2, -0.15) is 13.2 Å². The normalized spacial score (nSPS) is 12.9. The predicted molar refractivity (Wildman–Crippen MR) is 137 cm³/mol. The van der Waals surface area contributed by atoms with Crippen LogP contribution < -0.4 is 4.74 Å². The maximum absolute atomic E-state index is 13.9. The third-order valence-electron chi connectivity index (χ3n) is 5.85. The number of nitrogens with one attached hydrogen (secondary N) is 1. The van der Waals surface area contributed by atoms with Crippen LogP contribution in [-0.2, 0) is 21.7 Å². The van der Waals surface area contributed by atoms with E-state index in [1.54, 1.807) is 6.92 Å². The number of aromatic amines is 1. The second-order valence-electron chi connectivity index (χ2n) is 8.72. The number of nitrogens with zero attached hydrogens (tertiary/aromatic N) is 1. The van der Waals surface area contributed by atoms with Gasteiger partial charge in [-0.05, 0) is 34.9 Å². The molecule has 0 aliphatic carbocycles. The van der Waals surface area contributed by atoms with Crippen LogP contribution in [0.3, 0.4) is 0 Å². The van der Waals surface area contributed by atoms with Gasteiger partial charge in [0.05, 0.1) is 24.5 Å². The van der Waals surface area contributed by atoms with Crippen molar-refractivity contribution in [3.8, 4) is 28.1 Å². The summed E-state index contributed by atoms with van der Waals surface area (Å²) >= 11 is 0. The lowest BCUT2D eigenvalue weighted by atomic mass is 10.0. The van der Waals surface area contributed by atoms with E-state index in [-0.39, 0.29) is 36.0 Å². The van der Waals surface area contributed by atoms with Gasteiger partial charge in [0.1, 0.15) is 11.6 Å². The standard InChI is InChI=1S/C27H26F3N2O5P/c1-18(17-37-38(33,34)35)26-31-16-25(32-26)23-12-11-22(15-24(23)27(28,29)30)36-14-13-19-7-9-21(10-8-19)20-5-3-2-4-6-20/h2-12,15-16,18H,13-14,17H2,1H3,(H,31,32)(H2,33,34,35)/t18-/m1/s1. The van der Waals surface area contributed by atoms with E-state index in [0.717, 1.165) is 22.8 Å². The van der Waals surface area contributed by atoms with Crippen molar-refractivity contribution in [2.75, 3.05) is 13.2 Å². The number of rotatable bonds is 10. The molecule has 200 valence electrons. The Kier molecular flexibility index (Phi) is 8.38. The Labute approximate surface area is 217 Å². The summed E-state index contributed by atoms with van der Waals surface area (Å²) < 4.78 is 62.7. The number of aromatic nitrogens is 2. The fourth-order valence-electron chi connectivity index (χ4n) is 3.87. The van der Waals surface area contributed by atoms with E-state index in [2.05, 4.69) is 14.5 Å². The number of ether oxygens (including phenoxy) is 1. The first kappa shape index (κ1) is 27.6. The van der Waals surface area contributed by atoms with Gasteiger partial charge in [0, 0.05) is 24.1 Å². The highest BCUT2D eigenvalue weighted by Gasteiger charge is 2.35. The summed E-state index contributed by atoms with van der Waals surface area (Å²) in [4.78, 5) is 24.6. The largest absolute Gasteiger partial charge is 0.493 e.